The molecule has 0 aromatic carbocycles. The van der Waals surface area contributed by atoms with Crippen molar-refractivity contribution in [3.63, 3.8) is 0 Å². The summed E-state index contributed by atoms with van der Waals surface area (Å²) in [5.41, 5.74) is 2.80. The third-order valence-corrected chi connectivity index (χ3v) is 4.23. The number of aliphatic carboxylic acids is 1. The third kappa shape index (κ3) is 3.93. The van der Waals surface area contributed by atoms with E-state index < -0.39 is 11.9 Å². The number of hydrogen-bond acceptors (Lipinski definition) is 4. The Morgan fingerprint density at radius 2 is 1.67 bits per heavy atom. The van der Waals surface area contributed by atoms with Crippen LogP contribution in [0.5, 0.6) is 0 Å². The molecule has 0 amide bonds. The van der Waals surface area contributed by atoms with Gasteiger partial charge in [0.2, 0.25) is 5.95 Å². The van der Waals surface area contributed by atoms with Crippen LogP contribution < -0.4 is 4.90 Å². The summed E-state index contributed by atoms with van der Waals surface area (Å²) in [5.74, 6) is -0.376. The molecule has 0 spiro atoms. The maximum atomic E-state index is 11.0. The van der Waals surface area contributed by atoms with Gasteiger partial charge >= 0.3 is 5.97 Å². The summed E-state index contributed by atoms with van der Waals surface area (Å²) in [5, 5.41) is 9.07. The van der Waals surface area contributed by atoms with E-state index in [2.05, 4.69) is 14.9 Å². The minimum Gasteiger partial charge on any atom is -0.481 e. The SMILES string of the molecule is Cc1nc(N2CCCCCC2)nc(C)c1CC(C)C(=O)O. The Bertz CT molecular complexity index is 485. The monoisotopic (exact) mass is 291 g/mol. The maximum absolute atomic E-state index is 11.0. The molecule has 2 heterocycles. The van der Waals surface area contributed by atoms with Crippen LogP contribution >= 0.6 is 0 Å². The van der Waals surface area contributed by atoms with Gasteiger partial charge in [0.05, 0.1) is 5.92 Å². The highest BCUT2D eigenvalue weighted by Crippen LogP contribution is 2.21. The summed E-state index contributed by atoms with van der Waals surface area (Å²) in [6.07, 6.45) is 5.44. The molecule has 1 aromatic rings. The van der Waals surface area contributed by atoms with Crippen molar-refractivity contribution >= 4 is 11.9 Å². The van der Waals surface area contributed by atoms with Gasteiger partial charge in [-0.3, -0.25) is 4.79 Å². The van der Waals surface area contributed by atoms with Gasteiger partial charge in [0.15, 0.2) is 0 Å². The summed E-state index contributed by atoms with van der Waals surface area (Å²) >= 11 is 0. The first-order chi connectivity index (χ1) is 9.99. The van der Waals surface area contributed by atoms with Crippen molar-refractivity contribution in [3.8, 4) is 0 Å². The molecule has 0 radical (unpaired) electrons. The molecule has 1 fully saturated rings. The van der Waals surface area contributed by atoms with E-state index in [1.165, 1.54) is 25.7 Å². The largest absolute Gasteiger partial charge is 0.481 e. The van der Waals surface area contributed by atoms with Gasteiger partial charge in [-0.05, 0) is 38.7 Å². The van der Waals surface area contributed by atoms with E-state index in [0.717, 1.165) is 36.0 Å². The van der Waals surface area contributed by atoms with Crippen LogP contribution in [0, 0.1) is 19.8 Å². The molecule has 1 unspecified atom stereocenters. The summed E-state index contributed by atoms with van der Waals surface area (Å²) in [4.78, 5) is 22.6. The Morgan fingerprint density at radius 3 is 2.14 bits per heavy atom. The van der Waals surface area contributed by atoms with Gasteiger partial charge in [-0.2, -0.15) is 0 Å². The van der Waals surface area contributed by atoms with Crippen LogP contribution in [-0.2, 0) is 11.2 Å². The van der Waals surface area contributed by atoms with Crippen molar-refractivity contribution in [2.75, 3.05) is 18.0 Å². The highest BCUT2D eigenvalue weighted by Gasteiger charge is 2.19. The van der Waals surface area contributed by atoms with E-state index in [1.807, 2.05) is 13.8 Å². The summed E-state index contributed by atoms with van der Waals surface area (Å²) in [7, 11) is 0. The molecule has 116 valence electrons. The topological polar surface area (TPSA) is 66.3 Å². The zero-order valence-corrected chi connectivity index (χ0v) is 13.2. The fourth-order valence-electron chi connectivity index (χ4n) is 2.82. The van der Waals surface area contributed by atoms with E-state index >= 15 is 0 Å². The van der Waals surface area contributed by atoms with Crippen molar-refractivity contribution in [2.24, 2.45) is 5.92 Å². The van der Waals surface area contributed by atoms with Crippen molar-refractivity contribution in [1.29, 1.82) is 0 Å². The number of nitrogens with zero attached hydrogens (tertiary/aromatic N) is 3. The summed E-state index contributed by atoms with van der Waals surface area (Å²) < 4.78 is 0. The lowest BCUT2D eigenvalue weighted by atomic mass is 9.99. The Hall–Kier alpha value is -1.65. The number of carboxylic acid groups (broad SMARTS) is 1. The highest BCUT2D eigenvalue weighted by molar-refractivity contribution is 5.70. The van der Waals surface area contributed by atoms with Gasteiger partial charge in [0, 0.05) is 24.5 Å². The predicted octanol–water partition coefficient (Wildman–Crippen LogP) is 2.74. The molecule has 0 aliphatic carbocycles. The van der Waals surface area contributed by atoms with Gasteiger partial charge in [-0.25, -0.2) is 9.97 Å². The van der Waals surface area contributed by atoms with E-state index in [9.17, 15) is 4.79 Å². The Morgan fingerprint density at radius 1 is 1.14 bits per heavy atom. The zero-order valence-electron chi connectivity index (χ0n) is 13.2. The van der Waals surface area contributed by atoms with Crippen LogP contribution in [0.2, 0.25) is 0 Å². The minimum absolute atomic E-state index is 0.407. The van der Waals surface area contributed by atoms with E-state index in [-0.39, 0.29) is 0 Å². The molecule has 0 bridgehead atoms. The van der Waals surface area contributed by atoms with Gasteiger partial charge < -0.3 is 10.0 Å². The van der Waals surface area contributed by atoms with Crippen molar-refractivity contribution in [1.82, 2.24) is 9.97 Å². The number of carboxylic acids is 1. The molecular weight excluding hydrogens is 266 g/mol. The van der Waals surface area contributed by atoms with Crippen LogP contribution in [-0.4, -0.2) is 34.1 Å². The van der Waals surface area contributed by atoms with Crippen LogP contribution in [0.15, 0.2) is 0 Å². The second-order valence-electron chi connectivity index (χ2n) is 6.02. The van der Waals surface area contributed by atoms with Crippen molar-refractivity contribution in [2.45, 2.75) is 52.9 Å². The maximum Gasteiger partial charge on any atom is 0.306 e. The number of carbonyl (C=O) groups is 1. The van der Waals surface area contributed by atoms with Gasteiger partial charge in [0.25, 0.3) is 0 Å². The first-order valence-corrected chi connectivity index (χ1v) is 7.81. The molecule has 0 saturated carbocycles. The standard InChI is InChI=1S/C16H25N3O2/c1-11(15(20)21)10-14-12(2)17-16(18-13(14)3)19-8-6-4-5-7-9-19/h11H,4-10H2,1-3H3,(H,20,21). The van der Waals surface area contributed by atoms with Crippen molar-refractivity contribution in [3.05, 3.63) is 17.0 Å². The summed E-state index contributed by atoms with van der Waals surface area (Å²) in [6, 6.07) is 0. The van der Waals surface area contributed by atoms with E-state index in [0.29, 0.717) is 6.42 Å². The molecule has 1 aliphatic rings. The molecule has 21 heavy (non-hydrogen) atoms. The Balaban J connectivity index is 2.21. The molecule has 1 aliphatic heterocycles. The molecule has 2 rings (SSSR count). The van der Waals surface area contributed by atoms with Crippen LogP contribution in [0.1, 0.15) is 49.6 Å². The van der Waals surface area contributed by atoms with E-state index in [4.69, 9.17) is 5.11 Å². The number of hydrogen-bond donors (Lipinski definition) is 1. The number of rotatable bonds is 4. The average molecular weight is 291 g/mol. The minimum atomic E-state index is -0.773. The lowest BCUT2D eigenvalue weighted by Crippen LogP contribution is -2.27. The number of anilines is 1. The highest BCUT2D eigenvalue weighted by atomic mass is 16.4. The summed E-state index contributed by atoms with van der Waals surface area (Å²) in [6.45, 7) is 7.68. The van der Waals surface area contributed by atoms with Crippen molar-refractivity contribution < 1.29 is 9.90 Å². The van der Waals surface area contributed by atoms with Gasteiger partial charge in [-0.1, -0.05) is 19.8 Å². The van der Waals surface area contributed by atoms with Crippen LogP contribution in [0.3, 0.4) is 0 Å². The third-order valence-electron chi connectivity index (χ3n) is 4.23. The average Bonchev–Trinajstić information content (AvgIpc) is 2.71. The fourth-order valence-corrected chi connectivity index (χ4v) is 2.82. The Labute approximate surface area is 126 Å². The zero-order chi connectivity index (χ0) is 15.4. The molecule has 1 aromatic heterocycles. The smallest absolute Gasteiger partial charge is 0.306 e. The molecular formula is C16H25N3O2. The Kier molecular flexibility index (Phi) is 5.15. The first-order valence-electron chi connectivity index (χ1n) is 7.81. The van der Waals surface area contributed by atoms with Gasteiger partial charge in [-0.15, -0.1) is 0 Å². The molecule has 1 N–H and O–H groups in total. The van der Waals surface area contributed by atoms with Crippen LogP contribution in [0.25, 0.3) is 0 Å². The second-order valence-corrected chi connectivity index (χ2v) is 6.02. The van der Waals surface area contributed by atoms with Gasteiger partial charge in [0.1, 0.15) is 0 Å². The lowest BCUT2D eigenvalue weighted by molar-refractivity contribution is -0.141. The molecule has 5 heteroatoms. The molecule has 5 nitrogen and oxygen atoms in total. The first kappa shape index (κ1) is 15.7. The number of aryl methyl sites for hydroxylation is 2. The molecule has 1 saturated heterocycles. The van der Waals surface area contributed by atoms with E-state index in [1.54, 1.807) is 6.92 Å². The predicted molar refractivity (Wildman–Crippen MR) is 82.7 cm³/mol. The van der Waals surface area contributed by atoms with Crippen LogP contribution in [0.4, 0.5) is 5.95 Å². The quantitative estimate of drug-likeness (QED) is 0.924. The number of aromatic nitrogens is 2. The second kappa shape index (κ2) is 6.87. The lowest BCUT2D eigenvalue weighted by Gasteiger charge is -2.22. The normalized spacial score (nSPS) is 17.4. The fraction of sp³-hybridized carbons (Fsp3) is 0.688. The molecule has 1 atom stereocenters.